The molecular formula is C21H19ClFNO2. The molecule has 0 radical (unpaired) electrons. The third-order valence-corrected chi connectivity index (χ3v) is 4.35. The molecule has 1 N–H and O–H groups in total. The first kappa shape index (κ1) is 18.2. The molecule has 26 heavy (non-hydrogen) atoms. The lowest BCUT2D eigenvalue weighted by Gasteiger charge is -2.09. The van der Waals surface area contributed by atoms with Crippen molar-refractivity contribution in [2.75, 3.05) is 6.61 Å². The van der Waals surface area contributed by atoms with Crippen LogP contribution in [0, 0.1) is 5.82 Å². The predicted molar refractivity (Wildman–Crippen MR) is 101 cm³/mol. The number of hydrogen-bond donors (Lipinski definition) is 1. The zero-order valence-electron chi connectivity index (χ0n) is 14.4. The molecule has 0 aliphatic carbocycles. The van der Waals surface area contributed by atoms with Crippen LogP contribution in [0.15, 0.2) is 54.7 Å². The van der Waals surface area contributed by atoms with Gasteiger partial charge in [-0.1, -0.05) is 43.1 Å². The monoisotopic (exact) mass is 371 g/mol. The molecule has 1 heterocycles. The highest BCUT2D eigenvalue weighted by Crippen LogP contribution is 2.15. The average Bonchev–Trinajstić information content (AvgIpc) is 2.81. The summed E-state index contributed by atoms with van der Waals surface area (Å²) in [5.74, 6) is -0.766. The summed E-state index contributed by atoms with van der Waals surface area (Å²) in [6.45, 7) is 2.40. The first-order valence-corrected chi connectivity index (χ1v) is 8.89. The van der Waals surface area contributed by atoms with E-state index in [1.807, 2.05) is 6.92 Å². The van der Waals surface area contributed by atoms with Crippen LogP contribution in [0.1, 0.15) is 25.3 Å². The Balaban J connectivity index is 2.24. The van der Waals surface area contributed by atoms with E-state index in [1.54, 1.807) is 48.7 Å². The Hall–Kier alpha value is -2.59. The Morgan fingerprint density at radius 3 is 2.77 bits per heavy atom. The van der Waals surface area contributed by atoms with Gasteiger partial charge < -0.3 is 10.1 Å². The molecule has 1 aliphatic heterocycles. The van der Waals surface area contributed by atoms with Gasteiger partial charge in [-0.15, -0.1) is 0 Å². The molecule has 2 aromatic rings. The van der Waals surface area contributed by atoms with Crippen molar-refractivity contribution in [3.63, 3.8) is 0 Å². The molecule has 134 valence electrons. The number of halogens is 2. The summed E-state index contributed by atoms with van der Waals surface area (Å²) in [4.78, 5) is 12.5. The largest absolute Gasteiger partial charge is 0.462 e. The smallest absolute Gasteiger partial charge is 0.338 e. The van der Waals surface area contributed by atoms with E-state index in [2.05, 4.69) is 5.32 Å². The summed E-state index contributed by atoms with van der Waals surface area (Å²) in [6.07, 6.45) is 5.01. The number of rotatable bonds is 5. The lowest BCUT2D eigenvalue weighted by Crippen LogP contribution is -2.33. The van der Waals surface area contributed by atoms with Crippen molar-refractivity contribution in [1.82, 2.24) is 5.32 Å². The van der Waals surface area contributed by atoms with E-state index in [1.165, 1.54) is 6.07 Å². The molecule has 0 saturated heterocycles. The van der Waals surface area contributed by atoms with Crippen LogP contribution in [-0.2, 0) is 9.53 Å². The van der Waals surface area contributed by atoms with Gasteiger partial charge in [-0.2, -0.15) is 0 Å². The van der Waals surface area contributed by atoms with E-state index in [-0.39, 0.29) is 5.82 Å². The normalized spacial score (nSPS) is 13.0. The number of carbonyl (C=O) groups is 1. The minimum absolute atomic E-state index is 0.358. The molecule has 0 spiro atoms. The Morgan fingerprint density at radius 2 is 2.00 bits per heavy atom. The van der Waals surface area contributed by atoms with Crippen LogP contribution in [0.2, 0.25) is 5.02 Å². The Labute approximate surface area is 156 Å². The number of benzene rings is 2. The lowest BCUT2D eigenvalue weighted by atomic mass is 10.1. The van der Waals surface area contributed by atoms with Crippen molar-refractivity contribution in [2.24, 2.45) is 0 Å². The number of fused-ring (bicyclic) bond motifs is 1. The lowest BCUT2D eigenvalue weighted by molar-refractivity contribution is -0.136. The van der Waals surface area contributed by atoms with E-state index in [4.69, 9.17) is 16.3 Å². The minimum Gasteiger partial charge on any atom is -0.462 e. The molecule has 3 nitrogen and oxygen atoms in total. The van der Waals surface area contributed by atoms with Crippen LogP contribution in [-0.4, -0.2) is 12.6 Å². The molecular weight excluding hydrogens is 353 g/mol. The van der Waals surface area contributed by atoms with Crippen LogP contribution < -0.4 is 15.8 Å². The van der Waals surface area contributed by atoms with Gasteiger partial charge in [-0.25, -0.2) is 9.18 Å². The van der Waals surface area contributed by atoms with Crippen LogP contribution in [0.3, 0.4) is 0 Å². The Bertz CT molecular complexity index is 982. The van der Waals surface area contributed by atoms with Crippen molar-refractivity contribution >= 4 is 28.8 Å². The van der Waals surface area contributed by atoms with Gasteiger partial charge in [0, 0.05) is 22.0 Å². The van der Waals surface area contributed by atoms with Gasteiger partial charge in [0.1, 0.15) is 5.82 Å². The Morgan fingerprint density at radius 1 is 1.19 bits per heavy atom. The van der Waals surface area contributed by atoms with E-state index in [9.17, 15) is 9.18 Å². The minimum atomic E-state index is -0.408. The number of esters is 1. The number of hydrogen-bond acceptors (Lipinski definition) is 3. The topological polar surface area (TPSA) is 38.3 Å². The van der Waals surface area contributed by atoms with Crippen LogP contribution in [0.4, 0.5) is 4.39 Å². The fourth-order valence-corrected chi connectivity index (χ4v) is 2.96. The van der Waals surface area contributed by atoms with Gasteiger partial charge in [0.15, 0.2) is 0 Å². The van der Waals surface area contributed by atoms with Gasteiger partial charge in [-0.05, 0) is 42.0 Å². The average molecular weight is 372 g/mol. The van der Waals surface area contributed by atoms with Gasteiger partial charge in [0.25, 0.3) is 0 Å². The summed E-state index contributed by atoms with van der Waals surface area (Å²) >= 11 is 6.17. The zero-order chi connectivity index (χ0) is 18.5. The van der Waals surface area contributed by atoms with Crippen LogP contribution in [0.5, 0.6) is 0 Å². The third kappa shape index (κ3) is 3.81. The predicted octanol–water partition coefficient (Wildman–Crippen LogP) is 3.25. The van der Waals surface area contributed by atoms with E-state index < -0.39 is 5.97 Å². The van der Waals surface area contributed by atoms with E-state index in [0.29, 0.717) is 38.9 Å². The summed E-state index contributed by atoms with van der Waals surface area (Å²) in [5, 5.41) is 4.88. The van der Waals surface area contributed by atoms with Crippen molar-refractivity contribution in [3.05, 3.63) is 81.6 Å². The maximum atomic E-state index is 14.3. The molecule has 0 atom stereocenters. The molecule has 0 saturated carbocycles. The number of ether oxygens (including phenoxy) is 1. The molecule has 5 heteroatoms. The number of unbranched alkanes of at least 4 members (excludes halogenated alkanes) is 1. The van der Waals surface area contributed by atoms with Gasteiger partial charge >= 0.3 is 5.97 Å². The van der Waals surface area contributed by atoms with Gasteiger partial charge in [0.2, 0.25) is 0 Å². The molecule has 0 amide bonds. The highest BCUT2D eigenvalue weighted by atomic mass is 35.5. The van der Waals surface area contributed by atoms with E-state index in [0.717, 1.165) is 12.8 Å². The number of nitrogens with one attached hydrogen (secondary N) is 1. The maximum Gasteiger partial charge on any atom is 0.338 e. The highest BCUT2D eigenvalue weighted by molar-refractivity contribution is 6.30. The number of carbonyl (C=O) groups excluding carboxylic acids is 1. The zero-order valence-corrected chi connectivity index (χ0v) is 15.1. The van der Waals surface area contributed by atoms with Gasteiger partial charge in [0.05, 0.1) is 17.9 Å². The quantitative estimate of drug-likeness (QED) is 0.647. The molecule has 0 fully saturated rings. The first-order chi connectivity index (χ1) is 12.6. The SMILES string of the molecule is CCCCOC(=O)C1=c2ccc(Cl)cc2=C(c2ccccc2F)NC=C1. The van der Waals surface area contributed by atoms with Gasteiger partial charge in [-0.3, -0.25) is 0 Å². The van der Waals surface area contributed by atoms with Crippen molar-refractivity contribution < 1.29 is 13.9 Å². The molecule has 0 aromatic heterocycles. The van der Waals surface area contributed by atoms with Crippen molar-refractivity contribution in [2.45, 2.75) is 19.8 Å². The highest BCUT2D eigenvalue weighted by Gasteiger charge is 2.15. The molecule has 2 aromatic carbocycles. The maximum absolute atomic E-state index is 14.3. The molecule has 0 unspecified atom stereocenters. The Kier molecular flexibility index (Phi) is 5.74. The standard InChI is InChI=1S/C21H19ClFNO2/c1-2-3-12-26-21(25)16-10-11-24-20(17-6-4-5-7-19(17)23)18-13-14(22)8-9-15(16)18/h4-11,13,24H,2-3,12H2,1H3. The fraction of sp³-hybridized carbons (Fsp3) is 0.190. The summed E-state index contributed by atoms with van der Waals surface area (Å²) < 4.78 is 19.7. The molecule has 3 rings (SSSR count). The van der Waals surface area contributed by atoms with E-state index >= 15 is 0 Å². The second kappa shape index (κ2) is 8.19. The van der Waals surface area contributed by atoms with Crippen LogP contribution >= 0.6 is 11.6 Å². The second-order valence-corrected chi connectivity index (χ2v) is 6.36. The first-order valence-electron chi connectivity index (χ1n) is 8.51. The second-order valence-electron chi connectivity index (χ2n) is 5.93. The fourth-order valence-electron chi connectivity index (χ4n) is 2.79. The molecule has 0 bridgehead atoms. The summed E-state index contributed by atoms with van der Waals surface area (Å²) in [5.41, 5.74) is 1.36. The van der Waals surface area contributed by atoms with Crippen molar-refractivity contribution in [1.29, 1.82) is 0 Å². The summed E-state index contributed by atoms with van der Waals surface area (Å²) in [6, 6.07) is 11.7. The third-order valence-electron chi connectivity index (χ3n) is 4.11. The summed E-state index contributed by atoms with van der Waals surface area (Å²) in [7, 11) is 0. The molecule has 1 aliphatic rings. The van der Waals surface area contributed by atoms with Crippen LogP contribution in [0.25, 0.3) is 11.3 Å². The van der Waals surface area contributed by atoms with Crippen molar-refractivity contribution in [3.8, 4) is 0 Å².